The Labute approximate surface area is 74.1 Å². The van der Waals surface area contributed by atoms with E-state index in [9.17, 15) is 5.11 Å². The highest BCUT2D eigenvalue weighted by Gasteiger charge is 2.18. The monoisotopic (exact) mass is 191 g/mol. The van der Waals surface area contributed by atoms with Crippen LogP contribution in [0.5, 0.6) is 0 Å². The minimum atomic E-state index is -0.896. The number of hydrogen-bond donors (Lipinski definition) is 3. The average molecular weight is 191 g/mol. The molecule has 0 saturated carbocycles. The summed E-state index contributed by atoms with van der Waals surface area (Å²) in [5, 5.41) is 20.8. The minimum Gasteiger partial charge on any atom is -0.389 e. The van der Waals surface area contributed by atoms with Gasteiger partial charge in [0.1, 0.15) is 11.1 Å². The second-order valence-corrected chi connectivity index (χ2v) is 3.36. The van der Waals surface area contributed by atoms with E-state index in [1.165, 1.54) is 11.3 Å². The Morgan fingerprint density at radius 1 is 1.64 bits per heavy atom. The van der Waals surface area contributed by atoms with Gasteiger partial charge in [-0.3, -0.25) is 0 Å². The lowest BCUT2D eigenvalue weighted by atomic mass is 10.2. The van der Waals surface area contributed by atoms with Crippen LogP contribution in [0.1, 0.15) is 11.1 Å². The van der Waals surface area contributed by atoms with Gasteiger partial charge in [0.05, 0.1) is 6.10 Å². The molecule has 0 aliphatic carbocycles. The molecule has 0 spiro atoms. The van der Waals surface area contributed by atoms with E-state index >= 15 is 0 Å². The Kier molecular flexibility index (Phi) is 3.32. The van der Waals surface area contributed by atoms with Crippen molar-refractivity contribution in [1.29, 1.82) is 0 Å². The lowest BCUT2D eigenvalue weighted by Crippen LogP contribution is -2.19. The summed E-state index contributed by atoms with van der Waals surface area (Å²) in [6, 6.07) is 0. The Hall–Kier alpha value is -0.100. The first-order valence-corrected chi connectivity index (χ1v) is 4.63. The Bertz CT molecular complexity index is 202. The summed E-state index contributed by atoms with van der Waals surface area (Å²) in [5.74, 6) is 0.237. The molecule has 0 bridgehead atoms. The molecule has 0 aromatic carbocycles. The lowest BCUT2D eigenvalue weighted by Gasteiger charge is -2.12. The van der Waals surface area contributed by atoms with Crippen molar-refractivity contribution in [3.63, 3.8) is 0 Å². The maximum atomic E-state index is 9.33. The summed E-state index contributed by atoms with van der Waals surface area (Å²) in [5.41, 5.74) is 0. The van der Waals surface area contributed by atoms with E-state index in [0.717, 1.165) is 0 Å². The second-order valence-electron chi connectivity index (χ2n) is 2.07. The van der Waals surface area contributed by atoms with E-state index in [1.54, 1.807) is 11.6 Å². The SMILES string of the molecule is OC(CS)C(O)c1nccs1. The van der Waals surface area contributed by atoms with Gasteiger partial charge in [0.2, 0.25) is 0 Å². The van der Waals surface area contributed by atoms with Crippen LogP contribution in [0.15, 0.2) is 11.6 Å². The summed E-state index contributed by atoms with van der Waals surface area (Å²) in [6.45, 7) is 0. The van der Waals surface area contributed by atoms with Crippen LogP contribution in [0, 0.1) is 0 Å². The molecular weight excluding hydrogens is 182 g/mol. The van der Waals surface area contributed by atoms with Gasteiger partial charge in [-0.1, -0.05) is 0 Å². The van der Waals surface area contributed by atoms with Gasteiger partial charge >= 0.3 is 0 Å². The molecule has 0 saturated heterocycles. The third-order valence-electron chi connectivity index (χ3n) is 1.26. The summed E-state index contributed by atoms with van der Waals surface area (Å²) < 4.78 is 0. The zero-order valence-corrected chi connectivity index (χ0v) is 7.42. The molecule has 0 fully saturated rings. The van der Waals surface area contributed by atoms with Gasteiger partial charge < -0.3 is 10.2 Å². The molecule has 2 N–H and O–H groups in total. The second kappa shape index (κ2) is 4.06. The van der Waals surface area contributed by atoms with Crippen molar-refractivity contribution >= 4 is 24.0 Å². The highest BCUT2D eigenvalue weighted by atomic mass is 32.1. The van der Waals surface area contributed by atoms with Crippen molar-refractivity contribution in [3.05, 3.63) is 16.6 Å². The summed E-state index contributed by atoms with van der Waals surface area (Å²) in [7, 11) is 0. The third kappa shape index (κ3) is 2.16. The summed E-state index contributed by atoms with van der Waals surface area (Å²) >= 11 is 5.17. The molecule has 0 radical (unpaired) electrons. The molecule has 3 nitrogen and oxygen atoms in total. The highest BCUT2D eigenvalue weighted by Crippen LogP contribution is 2.19. The van der Waals surface area contributed by atoms with Crippen LogP contribution < -0.4 is 0 Å². The van der Waals surface area contributed by atoms with Gasteiger partial charge in [0, 0.05) is 17.3 Å². The van der Waals surface area contributed by atoms with E-state index in [1.807, 2.05) is 0 Å². The van der Waals surface area contributed by atoms with Crippen molar-refractivity contribution in [2.45, 2.75) is 12.2 Å². The van der Waals surface area contributed by atoms with Gasteiger partial charge in [-0.05, 0) is 0 Å². The number of thiazole rings is 1. The largest absolute Gasteiger partial charge is 0.389 e. The molecule has 11 heavy (non-hydrogen) atoms. The Balaban J connectivity index is 2.62. The fourth-order valence-corrected chi connectivity index (χ4v) is 1.52. The highest BCUT2D eigenvalue weighted by molar-refractivity contribution is 7.80. The van der Waals surface area contributed by atoms with E-state index in [4.69, 9.17) is 5.11 Å². The molecule has 1 rings (SSSR count). The number of nitrogens with zero attached hydrogens (tertiary/aromatic N) is 1. The van der Waals surface area contributed by atoms with Gasteiger partial charge in [-0.15, -0.1) is 11.3 Å². The molecule has 1 heterocycles. The van der Waals surface area contributed by atoms with Crippen molar-refractivity contribution in [2.24, 2.45) is 0 Å². The predicted octanol–water partition coefficient (Wildman–Crippen LogP) is 0.467. The molecule has 2 atom stereocenters. The minimum absolute atomic E-state index is 0.237. The van der Waals surface area contributed by atoms with Crippen molar-refractivity contribution in [3.8, 4) is 0 Å². The molecule has 5 heteroatoms. The van der Waals surface area contributed by atoms with Crippen LogP contribution in [-0.2, 0) is 0 Å². The standard InChI is InChI=1S/C6H9NO2S2/c8-4(3-10)5(9)6-7-1-2-11-6/h1-2,4-5,8-10H,3H2. The summed E-state index contributed by atoms with van der Waals surface area (Å²) in [6.07, 6.45) is -0.133. The van der Waals surface area contributed by atoms with E-state index in [2.05, 4.69) is 17.6 Å². The number of thiol groups is 1. The van der Waals surface area contributed by atoms with Crippen LogP contribution in [0.2, 0.25) is 0 Å². The lowest BCUT2D eigenvalue weighted by molar-refractivity contribution is 0.0336. The van der Waals surface area contributed by atoms with Gasteiger partial charge in [-0.25, -0.2) is 4.98 Å². The van der Waals surface area contributed by atoms with Crippen LogP contribution in [0.4, 0.5) is 0 Å². The normalized spacial score (nSPS) is 16.3. The first kappa shape index (κ1) is 8.99. The molecule has 0 aliphatic heterocycles. The summed E-state index contributed by atoms with van der Waals surface area (Å²) in [4.78, 5) is 3.86. The predicted molar refractivity (Wildman–Crippen MR) is 46.9 cm³/mol. The fraction of sp³-hybridized carbons (Fsp3) is 0.500. The van der Waals surface area contributed by atoms with Crippen LogP contribution in [0.25, 0.3) is 0 Å². The number of aliphatic hydroxyl groups excluding tert-OH is 2. The van der Waals surface area contributed by atoms with E-state index in [-0.39, 0.29) is 5.75 Å². The number of rotatable bonds is 3. The van der Waals surface area contributed by atoms with Crippen LogP contribution >= 0.6 is 24.0 Å². The zero-order chi connectivity index (χ0) is 8.27. The third-order valence-corrected chi connectivity index (χ3v) is 2.48. The quantitative estimate of drug-likeness (QED) is 0.609. The van der Waals surface area contributed by atoms with Crippen molar-refractivity contribution in [1.82, 2.24) is 4.98 Å². The van der Waals surface area contributed by atoms with Crippen LogP contribution in [0.3, 0.4) is 0 Å². The van der Waals surface area contributed by atoms with Gasteiger partial charge in [-0.2, -0.15) is 12.6 Å². The first-order chi connectivity index (χ1) is 5.25. The molecule has 62 valence electrons. The van der Waals surface area contributed by atoms with Gasteiger partial charge in [0.25, 0.3) is 0 Å². The van der Waals surface area contributed by atoms with E-state index in [0.29, 0.717) is 5.01 Å². The Morgan fingerprint density at radius 2 is 2.36 bits per heavy atom. The Morgan fingerprint density at radius 3 is 2.82 bits per heavy atom. The molecule has 2 unspecified atom stereocenters. The number of aliphatic hydroxyl groups is 2. The van der Waals surface area contributed by atoms with Crippen LogP contribution in [-0.4, -0.2) is 27.1 Å². The molecule has 1 aromatic rings. The maximum Gasteiger partial charge on any atom is 0.132 e. The molecule has 0 aliphatic rings. The number of hydrogen-bond acceptors (Lipinski definition) is 5. The molecular formula is C6H9NO2S2. The zero-order valence-electron chi connectivity index (χ0n) is 5.71. The first-order valence-electron chi connectivity index (χ1n) is 3.12. The van der Waals surface area contributed by atoms with Crippen molar-refractivity contribution < 1.29 is 10.2 Å². The molecule has 0 amide bonds. The topological polar surface area (TPSA) is 53.4 Å². The fourth-order valence-electron chi connectivity index (χ4n) is 0.645. The van der Waals surface area contributed by atoms with Crippen molar-refractivity contribution in [2.75, 3.05) is 5.75 Å². The average Bonchev–Trinajstić information content (AvgIpc) is 2.53. The number of aromatic nitrogens is 1. The van der Waals surface area contributed by atoms with E-state index < -0.39 is 12.2 Å². The maximum absolute atomic E-state index is 9.33. The smallest absolute Gasteiger partial charge is 0.132 e. The molecule has 1 aromatic heterocycles. The van der Waals surface area contributed by atoms with Gasteiger partial charge in [0.15, 0.2) is 0 Å².